The van der Waals surface area contributed by atoms with Gasteiger partial charge in [0.25, 0.3) is 0 Å². The molecule has 0 fully saturated rings. The summed E-state index contributed by atoms with van der Waals surface area (Å²) in [4.78, 5) is 4.02. The van der Waals surface area contributed by atoms with Gasteiger partial charge in [-0.1, -0.05) is 29.3 Å². The molecule has 0 saturated heterocycles. The van der Waals surface area contributed by atoms with Crippen LogP contribution in [0.5, 0.6) is 0 Å². The third kappa shape index (κ3) is 3.69. The lowest BCUT2D eigenvalue weighted by Crippen LogP contribution is -2.26. The van der Waals surface area contributed by atoms with E-state index in [0.29, 0.717) is 5.02 Å². The van der Waals surface area contributed by atoms with Crippen molar-refractivity contribution >= 4 is 46.9 Å². The van der Waals surface area contributed by atoms with Crippen LogP contribution in [0.3, 0.4) is 0 Å². The van der Waals surface area contributed by atoms with E-state index in [4.69, 9.17) is 23.2 Å². The Morgan fingerprint density at radius 1 is 1.10 bits per heavy atom. The van der Waals surface area contributed by atoms with Crippen molar-refractivity contribution in [1.29, 1.82) is 0 Å². The summed E-state index contributed by atoms with van der Waals surface area (Å²) in [6, 6.07) is 8.04. The van der Waals surface area contributed by atoms with Gasteiger partial charge in [0.2, 0.25) is 0 Å². The average molecular weight is 349 g/mol. The highest BCUT2D eigenvalue weighted by Crippen LogP contribution is 2.25. The Balaban J connectivity index is 0.00000147. The second-order valence-electron chi connectivity index (χ2n) is 4.88. The van der Waals surface area contributed by atoms with Crippen LogP contribution in [0.4, 0.5) is 0 Å². The van der Waals surface area contributed by atoms with Crippen molar-refractivity contribution in [2.45, 2.75) is 19.4 Å². The number of hydrogen-bond acceptors (Lipinski definition) is 2. The van der Waals surface area contributed by atoms with Crippen molar-refractivity contribution in [2.75, 3.05) is 13.1 Å². The Kier molecular flexibility index (Phi) is 5.76. The minimum absolute atomic E-state index is 0. The first-order valence-corrected chi connectivity index (χ1v) is 8.07. The molecule has 0 unspecified atom stereocenters. The summed E-state index contributed by atoms with van der Waals surface area (Å²) in [5, 5.41) is 3.68. The maximum Gasteiger partial charge on any atom is 0.0465 e. The van der Waals surface area contributed by atoms with E-state index in [1.54, 1.807) is 4.88 Å². The molecule has 1 nitrogen and oxygen atoms in total. The van der Waals surface area contributed by atoms with E-state index in [2.05, 4.69) is 16.3 Å². The molecular formula is C15H16Cl3NS. The van der Waals surface area contributed by atoms with Crippen LogP contribution in [0.25, 0.3) is 0 Å². The highest BCUT2D eigenvalue weighted by Gasteiger charge is 2.15. The molecule has 2 heterocycles. The first-order valence-electron chi connectivity index (χ1n) is 6.44. The van der Waals surface area contributed by atoms with E-state index in [1.165, 1.54) is 5.56 Å². The first kappa shape index (κ1) is 16.1. The lowest BCUT2D eigenvalue weighted by Gasteiger charge is -2.20. The van der Waals surface area contributed by atoms with Gasteiger partial charge in [0.05, 0.1) is 0 Å². The second kappa shape index (κ2) is 7.15. The molecule has 0 amide bonds. The molecule has 1 aliphatic heterocycles. The number of halogens is 3. The topological polar surface area (TPSA) is 3.24 Å². The average Bonchev–Trinajstić information content (AvgIpc) is 2.75. The van der Waals surface area contributed by atoms with E-state index < -0.39 is 0 Å². The Bertz CT molecular complexity index is 560. The Morgan fingerprint density at radius 3 is 2.70 bits per heavy atom. The normalized spacial score (nSPS) is 15.3. The number of nitrogens with zero attached hydrogens (tertiary/aromatic N) is 1. The van der Waals surface area contributed by atoms with Crippen LogP contribution in [0.2, 0.25) is 10.0 Å². The Hall–Kier alpha value is -0.250. The van der Waals surface area contributed by atoms with Gasteiger partial charge < -0.3 is 0 Å². The quantitative estimate of drug-likeness (QED) is 0.731. The monoisotopic (exact) mass is 347 g/mol. The van der Waals surface area contributed by atoms with Gasteiger partial charge in [-0.2, -0.15) is 0 Å². The zero-order valence-corrected chi connectivity index (χ0v) is 14.1. The molecular weight excluding hydrogens is 333 g/mol. The van der Waals surface area contributed by atoms with E-state index in [-0.39, 0.29) is 12.4 Å². The molecule has 0 atom stereocenters. The van der Waals surface area contributed by atoms with Crippen molar-refractivity contribution in [2.24, 2.45) is 0 Å². The number of thiophene rings is 1. The Morgan fingerprint density at radius 2 is 1.90 bits per heavy atom. The zero-order chi connectivity index (χ0) is 13.2. The summed E-state index contributed by atoms with van der Waals surface area (Å²) in [7, 11) is 0. The van der Waals surface area contributed by atoms with Crippen LogP contribution in [0.15, 0.2) is 29.6 Å². The number of hydrogen-bond donors (Lipinski definition) is 0. The molecule has 0 bridgehead atoms. The lowest BCUT2D eigenvalue weighted by atomic mass is 10.2. The molecule has 5 heteroatoms. The third-order valence-corrected chi connectivity index (χ3v) is 5.21. The van der Waals surface area contributed by atoms with Crippen molar-refractivity contribution in [3.63, 3.8) is 0 Å². The highest BCUT2D eigenvalue weighted by molar-refractivity contribution is 7.10. The van der Waals surface area contributed by atoms with Crippen molar-refractivity contribution < 1.29 is 0 Å². The second-order valence-corrected chi connectivity index (χ2v) is 6.73. The molecule has 0 aliphatic carbocycles. The van der Waals surface area contributed by atoms with Gasteiger partial charge >= 0.3 is 0 Å². The summed E-state index contributed by atoms with van der Waals surface area (Å²) in [5.74, 6) is 0. The van der Waals surface area contributed by atoms with E-state index >= 15 is 0 Å². The summed E-state index contributed by atoms with van der Waals surface area (Å²) in [5.41, 5.74) is 2.69. The summed E-state index contributed by atoms with van der Waals surface area (Å²) in [6.45, 7) is 3.11. The van der Waals surface area contributed by atoms with Crippen LogP contribution < -0.4 is 0 Å². The summed E-state index contributed by atoms with van der Waals surface area (Å²) >= 11 is 14.1. The lowest BCUT2D eigenvalue weighted by molar-refractivity contribution is 0.279. The summed E-state index contributed by atoms with van der Waals surface area (Å²) < 4.78 is 0. The Labute approximate surface area is 139 Å². The van der Waals surface area contributed by atoms with E-state index in [0.717, 1.165) is 43.1 Å². The highest BCUT2D eigenvalue weighted by atomic mass is 35.5. The van der Waals surface area contributed by atoms with Crippen molar-refractivity contribution in [1.82, 2.24) is 4.90 Å². The molecule has 108 valence electrons. The van der Waals surface area contributed by atoms with Crippen LogP contribution >= 0.6 is 46.9 Å². The molecule has 0 spiro atoms. The number of fused-ring (bicyclic) bond motifs is 1. The number of benzene rings is 1. The maximum absolute atomic E-state index is 6.25. The van der Waals surface area contributed by atoms with Crippen LogP contribution in [0, 0.1) is 0 Å². The molecule has 0 N–H and O–H groups in total. The smallest absolute Gasteiger partial charge is 0.0465 e. The molecule has 2 aromatic rings. The van der Waals surface area contributed by atoms with Crippen molar-refractivity contribution in [3.05, 3.63) is 55.7 Å². The third-order valence-electron chi connectivity index (χ3n) is 3.60. The predicted octanol–water partition coefficient (Wildman–Crippen LogP) is 5.08. The molecule has 0 radical (unpaired) electrons. The predicted molar refractivity (Wildman–Crippen MR) is 90.7 cm³/mol. The van der Waals surface area contributed by atoms with Gasteiger partial charge in [-0.3, -0.25) is 4.90 Å². The van der Waals surface area contributed by atoms with Gasteiger partial charge in [0.15, 0.2) is 0 Å². The zero-order valence-electron chi connectivity index (χ0n) is 10.9. The number of rotatable bonds is 2. The maximum atomic E-state index is 6.25. The molecule has 0 saturated carbocycles. The largest absolute Gasteiger partial charge is 0.298 e. The molecule has 3 rings (SSSR count). The fourth-order valence-electron chi connectivity index (χ4n) is 2.51. The van der Waals surface area contributed by atoms with Gasteiger partial charge in [-0.15, -0.1) is 23.7 Å². The first-order chi connectivity index (χ1) is 9.22. The molecule has 1 aromatic heterocycles. The SMILES string of the molecule is Cl.Clc1ccc(CN2CCc3ccsc3CC2)c(Cl)c1. The minimum atomic E-state index is 0. The van der Waals surface area contributed by atoms with Gasteiger partial charge in [0, 0.05) is 34.6 Å². The standard InChI is InChI=1S/C15H15Cl2NS.ClH/c16-13-2-1-12(14(17)9-13)10-18-6-3-11-5-8-19-15(11)4-7-18;/h1-2,5,8-9H,3-4,6-7,10H2;1H. The van der Waals surface area contributed by atoms with Gasteiger partial charge in [-0.05, 0) is 47.5 Å². The molecule has 20 heavy (non-hydrogen) atoms. The van der Waals surface area contributed by atoms with Crippen LogP contribution in [0.1, 0.15) is 16.0 Å². The van der Waals surface area contributed by atoms with Crippen LogP contribution in [-0.4, -0.2) is 18.0 Å². The molecule has 1 aliphatic rings. The van der Waals surface area contributed by atoms with Gasteiger partial charge in [0.1, 0.15) is 0 Å². The van der Waals surface area contributed by atoms with Crippen molar-refractivity contribution in [3.8, 4) is 0 Å². The van der Waals surface area contributed by atoms with Gasteiger partial charge in [-0.25, -0.2) is 0 Å². The van der Waals surface area contributed by atoms with Crippen LogP contribution in [-0.2, 0) is 19.4 Å². The van der Waals surface area contributed by atoms with E-state index in [1.807, 2.05) is 29.5 Å². The molecule has 1 aromatic carbocycles. The minimum Gasteiger partial charge on any atom is -0.298 e. The fourth-order valence-corrected chi connectivity index (χ4v) is 3.90. The van der Waals surface area contributed by atoms with E-state index in [9.17, 15) is 0 Å². The summed E-state index contributed by atoms with van der Waals surface area (Å²) in [6.07, 6.45) is 2.29. The fraction of sp³-hybridized carbons (Fsp3) is 0.333.